The molecule has 3 heterocycles. The molecule has 4 aromatic rings. The van der Waals surface area contributed by atoms with Gasteiger partial charge in [0.1, 0.15) is 10.6 Å². The number of carbonyl (C=O) groups excluding carboxylic acids is 1. The number of hydrogen-bond donors (Lipinski definition) is 1. The number of rotatable bonds is 7. The van der Waals surface area contributed by atoms with Crippen LogP contribution >= 0.6 is 34.4 Å². The van der Waals surface area contributed by atoms with Crippen molar-refractivity contribution in [3.8, 4) is 10.4 Å². The Morgan fingerprint density at radius 3 is 2.77 bits per heavy atom. The summed E-state index contributed by atoms with van der Waals surface area (Å²) in [4.78, 5) is 31.8. The zero-order valence-corrected chi connectivity index (χ0v) is 18.1. The van der Waals surface area contributed by atoms with Crippen molar-refractivity contribution in [3.05, 3.63) is 76.0 Å². The van der Waals surface area contributed by atoms with E-state index in [2.05, 4.69) is 16.9 Å². The Hall–Kier alpha value is -2.75. The van der Waals surface area contributed by atoms with Gasteiger partial charge in [0.25, 0.3) is 5.56 Å². The number of amides is 1. The van der Waals surface area contributed by atoms with Crippen LogP contribution in [0.5, 0.6) is 0 Å². The lowest BCUT2D eigenvalue weighted by Gasteiger charge is -2.11. The second-order valence-corrected chi connectivity index (χ2v) is 9.00. The van der Waals surface area contributed by atoms with Gasteiger partial charge in [-0.05, 0) is 35.7 Å². The number of benzene rings is 1. The summed E-state index contributed by atoms with van der Waals surface area (Å²) in [5, 5.41) is 7.67. The maximum atomic E-state index is 13.2. The Labute approximate surface area is 183 Å². The molecule has 0 radical (unpaired) electrons. The highest BCUT2D eigenvalue weighted by Gasteiger charge is 2.18. The summed E-state index contributed by atoms with van der Waals surface area (Å²) >= 11 is 4.17. The van der Waals surface area contributed by atoms with Crippen molar-refractivity contribution in [2.75, 3.05) is 11.1 Å². The van der Waals surface area contributed by atoms with E-state index in [1.807, 2.05) is 22.9 Å². The summed E-state index contributed by atoms with van der Waals surface area (Å²) in [5.41, 5.74) is 1.24. The quantitative estimate of drug-likeness (QED) is 0.234. The van der Waals surface area contributed by atoms with Gasteiger partial charge in [0.15, 0.2) is 5.16 Å². The van der Waals surface area contributed by atoms with Crippen molar-refractivity contribution in [3.63, 3.8) is 0 Å². The van der Waals surface area contributed by atoms with Gasteiger partial charge < -0.3 is 5.32 Å². The molecule has 1 amide bonds. The molecule has 30 heavy (non-hydrogen) atoms. The Balaban J connectivity index is 1.61. The van der Waals surface area contributed by atoms with Crippen molar-refractivity contribution in [2.24, 2.45) is 0 Å². The molecule has 5 nitrogen and oxygen atoms in total. The summed E-state index contributed by atoms with van der Waals surface area (Å²) in [7, 11) is 0. The molecule has 0 spiro atoms. The third-order valence-corrected chi connectivity index (χ3v) is 6.97. The SMILES string of the molecule is C=CCn1c(SCC(=O)Nc2ccc(F)cc2)nc2scc(-c3cccs3)c2c1=O. The number of anilines is 1. The molecule has 9 heteroatoms. The van der Waals surface area contributed by atoms with Crippen molar-refractivity contribution in [1.29, 1.82) is 0 Å². The number of nitrogens with one attached hydrogen (secondary N) is 1. The van der Waals surface area contributed by atoms with Crippen LogP contribution in [0.3, 0.4) is 0 Å². The predicted octanol–water partition coefficient (Wildman–Crippen LogP) is 5.24. The predicted molar refractivity (Wildman–Crippen MR) is 123 cm³/mol. The van der Waals surface area contributed by atoms with Gasteiger partial charge in [-0.25, -0.2) is 9.37 Å². The molecule has 0 bridgehead atoms. The molecule has 1 aromatic carbocycles. The van der Waals surface area contributed by atoms with Crippen LogP contribution in [0.1, 0.15) is 0 Å². The molecule has 1 N–H and O–H groups in total. The van der Waals surface area contributed by atoms with E-state index in [-0.39, 0.29) is 23.0 Å². The number of fused-ring (bicyclic) bond motifs is 1. The normalized spacial score (nSPS) is 11.0. The largest absolute Gasteiger partial charge is 0.325 e. The van der Waals surface area contributed by atoms with Gasteiger partial charge >= 0.3 is 0 Å². The molecule has 152 valence electrons. The zero-order chi connectivity index (χ0) is 21.1. The molecule has 0 aliphatic heterocycles. The monoisotopic (exact) mass is 457 g/mol. The van der Waals surface area contributed by atoms with Crippen LogP contribution in [0, 0.1) is 5.82 Å². The Morgan fingerprint density at radius 2 is 2.07 bits per heavy atom. The van der Waals surface area contributed by atoms with Crippen molar-refractivity contribution >= 4 is 56.2 Å². The molecule has 0 saturated heterocycles. The van der Waals surface area contributed by atoms with Crippen molar-refractivity contribution in [2.45, 2.75) is 11.7 Å². The number of halogens is 1. The lowest BCUT2D eigenvalue weighted by atomic mass is 10.2. The first kappa shape index (κ1) is 20.5. The van der Waals surface area contributed by atoms with E-state index < -0.39 is 0 Å². The Kier molecular flexibility index (Phi) is 6.12. The second kappa shape index (κ2) is 8.95. The van der Waals surface area contributed by atoms with Crippen LogP contribution in [0.2, 0.25) is 0 Å². The minimum absolute atomic E-state index is 0.0651. The Morgan fingerprint density at radius 1 is 1.27 bits per heavy atom. The number of thioether (sulfide) groups is 1. The summed E-state index contributed by atoms with van der Waals surface area (Å²) < 4.78 is 14.5. The molecular formula is C21H16FN3O2S3. The highest BCUT2D eigenvalue weighted by Crippen LogP contribution is 2.34. The number of thiophene rings is 2. The van der Waals surface area contributed by atoms with Gasteiger partial charge in [-0.3, -0.25) is 14.2 Å². The smallest absolute Gasteiger partial charge is 0.263 e. The third kappa shape index (κ3) is 4.23. The van der Waals surface area contributed by atoms with Gasteiger partial charge in [0.2, 0.25) is 5.91 Å². The van der Waals surface area contributed by atoms with E-state index in [1.54, 1.807) is 17.4 Å². The maximum Gasteiger partial charge on any atom is 0.263 e. The summed E-state index contributed by atoms with van der Waals surface area (Å²) in [5.74, 6) is -0.571. The van der Waals surface area contributed by atoms with E-state index in [4.69, 9.17) is 0 Å². The lowest BCUT2D eigenvalue weighted by molar-refractivity contribution is -0.113. The number of allylic oxidation sites excluding steroid dienone is 1. The summed E-state index contributed by atoms with van der Waals surface area (Å²) in [6, 6.07) is 9.47. The number of hydrogen-bond acceptors (Lipinski definition) is 6. The topological polar surface area (TPSA) is 64.0 Å². The lowest BCUT2D eigenvalue weighted by Crippen LogP contribution is -2.23. The molecule has 4 rings (SSSR count). The first-order chi connectivity index (χ1) is 14.6. The zero-order valence-electron chi connectivity index (χ0n) is 15.6. The molecule has 0 aliphatic carbocycles. The second-order valence-electron chi connectivity index (χ2n) is 6.25. The van der Waals surface area contributed by atoms with E-state index in [0.29, 0.717) is 27.6 Å². The van der Waals surface area contributed by atoms with E-state index in [9.17, 15) is 14.0 Å². The molecule has 0 unspecified atom stereocenters. The first-order valence-corrected chi connectivity index (χ1v) is 11.7. The van der Waals surface area contributed by atoms with Crippen molar-refractivity contribution < 1.29 is 9.18 Å². The minimum Gasteiger partial charge on any atom is -0.325 e. The highest BCUT2D eigenvalue weighted by atomic mass is 32.2. The first-order valence-electron chi connectivity index (χ1n) is 8.92. The standard InChI is InChI=1S/C21H16FN3O2S3/c1-2-9-25-20(27)18-15(16-4-3-10-28-16)11-29-19(18)24-21(25)30-12-17(26)23-14-7-5-13(22)6-8-14/h2-8,10-11H,1,9,12H2,(H,23,26). The highest BCUT2D eigenvalue weighted by molar-refractivity contribution is 7.99. The molecule has 0 atom stereocenters. The molecule has 0 fully saturated rings. The van der Waals surface area contributed by atoms with Crippen LogP contribution in [-0.4, -0.2) is 21.2 Å². The van der Waals surface area contributed by atoms with Crippen LogP contribution in [0.25, 0.3) is 20.7 Å². The average molecular weight is 458 g/mol. The summed E-state index contributed by atoms with van der Waals surface area (Å²) in [6.45, 7) is 4.03. The van der Waals surface area contributed by atoms with Gasteiger partial charge in [0, 0.05) is 28.1 Å². The fraction of sp³-hybridized carbons (Fsp3) is 0.0952. The molecule has 0 aliphatic rings. The van der Waals surface area contributed by atoms with Crippen LogP contribution in [0.15, 0.2) is 69.8 Å². The van der Waals surface area contributed by atoms with E-state index >= 15 is 0 Å². The molecule has 0 saturated carbocycles. The van der Waals surface area contributed by atoms with E-state index in [0.717, 1.165) is 10.4 Å². The van der Waals surface area contributed by atoms with Gasteiger partial charge in [-0.15, -0.1) is 29.3 Å². The Bertz CT molecular complexity index is 1260. The average Bonchev–Trinajstić information content (AvgIpc) is 3.40. The maximum absolute atomic E-state index is 13.2. The van der Waals surface area contributed by atoms with Crippen LogP contribution < -0.4 is 10.9 Å². The number of nitrogens with zero attached hydrogens (tertiary/aromatic N) is 2. The van der Waals surface area contributed by atoms with Crippen LogP contribution in [0.4, 0.5) is 10.1 Å². The summed E-state index contributed by atoms with van der Waals surface area (Å²) in [6.07, 6.45) is 1.63. The molecular weight excluding hydrogens is 441 g/mol. The van der Waals surface area contributed by atoms with Crippen molar-refractivity contribution in [1.82, 2.24) is 9.55 Å². The fourth-order valence-electron chi connectivity index (χ4n) is 2.88. The minimum atomic E-state index is -0.369. The van der Waals surface area contributed by atoms with Crippen LogP contribution in [-0.2, 0) is 11.3 Å². The third-order valence-electron chi connectivity index (χ3n) is 4.22. The van der Waals surface area contributed by atoms with Gasteiger partial charge in [0.05, 0.1) is 11.1 Å². The molecule has 3 aromatic heterocycles. The number of aromatic nitrogens is 2. The number of carbonyl (C=O) groups is 1. The van der Waals surface area contributed by atoms with Gasteiger partial charge in [-0.1, -0.05) is 23.9 Å². The fourth-order valence-corrected chi connectivity index (χ4v) is 5.49. The van der Waals surface area contributed by atoms with E-state index in [1.165, 1.54) is 51.9 Å². The van der Waals surface area contributed by atoms with Gasteiger partial charge in [-0.2, -0.15) is 0 Å².